The fourth-order valence-corrected chi connectivity index (χ4v) is 2.18. The Hall–Kier alpha value is -2.23. The van der Waals surface area contributed by atoms with Gasteiger partial charge in [-0.2, -0.15) is 13.2 Å². The van der Waals surface area contributed by atoms with E-state index in [9.17, 15) is 13.2 Å². The summed E-state index contributed by atoms with van der Waals surface area (Å²) in [6.45, 7) is 9.35. The molecule has 0 spiro atoms. The first-order chi connectivity index (χ1) is 10.2. The Labute approximate surface area is 128 Å². The van der Waals surface area contributed by atoms with Crippen LogP contribution in [-0.2, 0) is 6.18 Å². The summed E-state index contributed by atoms with van der Waals surface area (Å²) in [6, 6.07) is 10.0. The standard InChI is InChI=1S/C18H18F3N/c1-11-5-7-15(9-13(11)3)14(4)22-16-8-6-12(2)17(10-16)18(19,20)21/h5-10,22H,4H2,1-3H3. The van der Waals surface area contributed by atoms with Crippen LogP contribution in [0.3, 0.4) is 0 Å². The normalized spacial score (nSPS) is 11.4. The van der Waals surface area contributed by atoms with Crippen LogP contribution in [0.5, 0.6) is 0 Å². The van der Waals surface area contributed by atoms with Crippen LogP contribution in [-0.4, -0.2) is 0 Å². The molecule has 1 N–H and O–H groups in total. The van der Waals surface area contributed by atoms with E-state index in [1.165, 1.54) is 13.0 Å². The number of halogens is 3. The number of nitrogens with one attached hydrogen (secondary N) is 1. The number of anilines is 1. The van der Waals surface area contributed by atoms with Crippen LogP contribution in [0.1, 0.15) is 27.8 Å². The Bertz CT molecular complexity index is 715. The third kappa shape index (κ3) is 3.50. The van der Waals surface area contributed by atoms with Gasteiger partial charge in [0.15, 0.2) is 0 Å². The van der Waals surface area contributed by atoms with Crippen molar-refractivity contribution < 1.29 is 13.2 Å². The number of alkyl halides is 3. The smallest absolute Gasteiger partial charge is 0.356 e. The Kier molecular flexibility index (Phi) is 4.31. The lowest BCUT2D eigenvalue weighted by atomic mass is 10.0. The van der Waals surface area contributed by atoms with Gasteiger partial charge in [-0.3, -0.25) is 0 Å². The molecule has 0 heterocycles. The largest absolute Gasteiger partial charge is 0.416 e. The molecule has 116 valence electrons. The summed E-state index contributed by atoms with van der Waals surface area (Å²) in [5.74, 6) is 0. The van der Waals surface area contributed by atoms with Gasteiger partial charge in [-0.1, -0.05) is 24.8 Å². The minimum Gasteiger partial charge on any atom is -0.356 e. The zero-order valence-electron chi connectivity index (χ0n) is 12.8. The lowest BCUT2D eigenvalue weighted by Crippen LogP contribution is -2.08. The number of aryl methyl sites for hydroxylation is 3. The van der Waals surface area contributed by atoms with Crippen LogP contribution in [0, 0.1) is 20.8 Å². The van der Waals surface area contributed by atoms with Crippen molar-refractivity contribution in [3.63, 3.8) is 0 Å². The average Bonchev–Trinajstić information content (AvgIpc) is 2.42. The molecular formula is C18H18F3N. The van der Waals surface area contributed by atoms with Gasteiger partial charge in [0, 0.05) is 11.4 Å². The van der Waals surface area contributed by atoms with E-state index < -0.39 is 11.7 Å². The van der Waals surface area contributed by atoms with Crippen molar-refractivity contribution in [2.75, 3.05) is 5.32 Å². The molecule has 4 heteroatoms. The number of rotatable bonds is 3. The summed E-state index contributed by atoms with van der Waals surface area (Å²) < 4.78 is 38.8. The van der Waals surface area contributed by atoms with Gasteiger partial charge in [-0.25, -0.2) is 0 Å². The van der Waals surface area contributed by atoms with Crippen molar-refractivity contribution in [2.24, 2.45) is 0 Å². The minimum atomic E-state index is -4.36. The molecule has 0 fully saturated rings. The van der Waals surface area contributed by atoms with E-state index in [0.717, 1.165) is 22.8 Å². The molecule has 0 aromatic heterocycles. The van der Waals surface area contributed by atoms with E-state index in [4.69, 9.17) is 0 Å². The Morgan fingerprint density at radius 2 is 1.55 bits per heavy atom. The molecule has 0 saturated carbocycles. The molecule has 0 atom stereocenters. The fraction of sp³-hybridized carbons (Fsp3) is 0.222. The first-order valence-corrected chi connectivity index (χ1v) is 6.90. The Morgan fingerprint density at radius 3 is 2.14 bits per heavy atom. The predicted molar refractivity (Wildman–Crippen MR) is 84.8 cm³/mol. The molecule has 0 bridgehead atoms. The molecule has 0 radical (unpaired) electrons. The van der Waals surface area contributed by atoms with Crippen LogP contribution in [0.25, 0.3) is 5.70 Å². The molecule has 0 saturated heterocycles. The molecule has 0 unspecified atom stereocenters. The summed E-state index contributed by atoms with van der Waals surface area (Å²) in [5, 5.41) is 2.95. The minimum absolute atomic E-state index is 0.204. The highest BCUT2D eigenvalue weighted by Gasteiger charge is 2.32. The van der Waals surface area contributed by atoms with Crippen molar-refractivity contribution in [1.29, 1.82) is 0 Å². The maximum Gasteiger partial charge on any atom is 0.416 e. The van der Waals surface area contributed by atoms with E-state index in [-0.39, 0.29) is 5.56 Å². The van der Waals surface area contributed by atoms with Gasteiger partial charge in [0.05, 0.1) is 5.56 Å². The highest BCUT2D eigenvalue weighted by atomic mass is 19.4. The van der Waals surface area contributed by atoms with Gasteiger partial charge in [0.25, 0.3) is 0 Å². The SMILES string of the molecule is C=C(Nc1ccc(C)c(C(F)(F)F)c1)c1ccc(C)c(C)c1. The number of benzene rings is 2. The summed E-state index contributed by atoms with van der Waals surface area (Å²) >= 11 is 0. The summed E-state index contributed by atoms with van der Waals surface area (Å²) in [4.78, 5) is 0. The van der Waals surface area contributed by atoms with Crippen LogP contribution in [0.4, 0.5) is 18.9 Å². The van der Waals surface area contributed by atoms with E-state index in [0.29, 0.717) is 11.4 Å². The summed E-state index contributed by atoms with van der Waals surface area (Å²) in [7, 11) is 0. The third-order valence-corrected chi connectivity index (χ3v) is 3.69. The lowest BCUT2D eigenvalue weighted by Gasteiger charge is -2.15. The van der Waals surface area contributed by atoms with Gasteiger partial charge in [0.2, 0.25) is 0 Å². The Balaban J connectivity index is 2.27. The maximum atomic E-state index is 12.9. The van der Waals surface area contributed by atoms with E-state index in [2.05, 4.69) is 11.9 Å². The monoisotopic (exact) mass is 305 g/mol. The first kappa shape index (κ1) is 16.1. The van der Waals surface area contributed by atoms with Crippen molar-refractivity contribution in [3.05, 3.63) is 70.8 Å². The van der Waals surface area contributed by atoms with E-state index in [1.54, 1.807) is 6.07 Å². The molecule has 1 nitrogen and oxygen atoms in total. The molecule has 2 aromatic carbocycles. The number of hydrogen-bond donors (Lipinski definition) is 1. The second kappa shape index (κ2) is 5.87. The van der Waals surface area contributed by atoms with Crippen molar-refractivity contribution in [1.82, 2.24) is 0 Å². The first-order valence-electron chi connectivity index (χ1n) is 6.90. The van der Waals surface area contributed by atoms with Crippen molar-refractivity contribution in [3.8, 4) is 0 Å². The molecule has 2 aromatic rings. The molecule has 0 aliphatic rings. The zero-order chi connectivity index (χ0) is 16.5. The molecular weight excluding hydrogens is 287 g/mol. The third-order valence-electron chi connectivity index (χ3n) is 3.69. The molecule has 0 aliphatic heterocycles. The topological polar surface area (TPSA) is 12.0 Å². The Morgan fingerprint density at radius 1 is 0.909 bits per heavy atom. The molecule has 0 aliphatic carbocycles. The van der Waals surface area contributed by atoms with Crippen LogP contribution in [0.2, 0.25) is 0 Å². The fourth-order valence-electron chi connectivity index (χ4n) is 2.18. The summed E-state index contributed by atoms with van der Waals surface area (Å²) in [6.07, 6.45) is -4.36. The van der Waals surface area contributed by atoms with Crippen molar-refractivity contribution >= 4 is 11.4 Å². The van der Waals surface area contributed by atoms with Gasteiger partial charge in [-0.15, -0.1) is 0 Å². The van der Waals surface area contributed by atoms with E-state index >= 15 is 0 Å². The van der Waals surface area contributed by atoms with Gasteiger partial charge in [-0.05, 0) is 61.2 Å². The highest BCUT2D eigenvalue weighted by molar-refractivity contribution is 5.76. The zero-order valence-corrected chi connectivity index (χ0v) is 12.8. The van der Waals surface area contributed by atoms with Crippen LogP contribution >= 0.6 is 0 Å². The average molecular weight is 305 g/mol. The van der Waals surface area contributed by atoms with Gasteiger partial charge < -0.3 is 5.32 Å². The van der Waals surface area contributed by atoms with Crippen molar-refractivity contribution in [2.45, 2.75) is 26.9 Å². The summed E-state index contributed by atoms with van der Waals surface area (Å²) in [5.41, 5.74) is 3.64. The number of hydrogen-bond acceptors (Lipinski definition) is 1. The second-order valence-corrected chi connectivity index (χ2v) is 5.43. The molecule has 2 rings (SSSR count). The predicted octanol–water partition coefficient (Wildman–Crippen LogP) is 5.71. The molecule has 0 amide bonds. The quantitative estimate of drug-likeness (QED) is 0.765. The van der Waals surface area contributed by atoms with Crippen LogP contribution in [0.15, 0.2) is 43.0 Å². The van der Waals surface area contributed by atoms with Crippen LogP contribution < -0.4 is 5.32 Å². The molecule has 22 heavy (non-hydrogen) atoms. The maximum absolute atomic E-state index is 12.9. The van der Waals surface area contributed by atoms with Gasteiger partial charge >= 0.3 is 6.18 Å². The highest BCUT2D eigenvalue weighted by Crippen LogP contribution is 2.34. The van der Waals surface area contributed by atoms with E-state index in [1.807, 2.05) is 32.0 Å². The second-order valence-electron chi connectivity index (χ2n) is 5.43. The van der Waals surface area contributed by atoms with Gasteiger partial charge in [0.1, 0.15) is 0 Å². The lowest BCUT2D eigenvalue weighted by molar-refractivity contribution is -0.138.